The summed E-state index contributed by atoms with van der Waals surface area (Å²) in [6, 6.07) is 2.44. The summed E-state index contributed by atoms with van der Waals surface area (Å²) >= 11 is 0. The number of ether oxygens (including phenoxy) is 1. The van der Waals surface area contributed by atoms with E-state index in [9.17, 15) is 4.79 Å². The lowest BCUT2D eigenvalue weighted by atomic mass is 9.83. The molecule has 146 valence electrons. The predicted octanol–water partition coefficient (Wildman–Crippen LogP) is 3.43. The zero-order valence-electron chi connectivity index (χ0n) is 16.8. The van der Waals surface area contributed by atoms with Crippen molar-refractivity contribution in [2.24, 2.45) is 11.3 Å². The highest BCUT2D eigenvalue weighted by Gasteiger charge is 2.52. The van der Waals surface area contributed by atoms with Crippen molar-refractivity contribution in [3.63, 3.8) is 0 Å². The van der Waals surface area contributed by atoms with E-state index in [1.54, 1.807) is 6.33 Å². The fourth-order valence-electron chi connectivity index (χ4n) is 4.73. The molecule has 7 nitrogen and oxygen atoms in total. The summed E-state index contributed by atoms with van der Waals surface area (Å²) in [5.41, 5.74) is 0.542. The second-order valence-corrected chi connectivity index (χ2v) is 9.35. The van der Waals surface area contributed by atoms with Gasteiger partial charge in [-0.2, -0.15) is 0 Å². The van der Waals surface area contributed by atoms with Gasteiger partial charge in [0.25, 0.3) is 0 Å². The van der Waals surface area contributed by atoms with Crippen LogP contribution in [0.25, 0.3) is 11.0 Å². The summed E-state index contributed by atoms with van der Waals surface area (Å²) in [6.45, 7) is 9.59. The molecule has 1 N–H and O–H groups in total. The van der Waals surface area contributed by atoms with Crippen molar-refractivity contribution in [3.8, 4) is 0 Å². The van der Waals surface area contributed by atoms with Crippen molar-refractivity contribution < 1.29 is 9.53 Å². The summed E-state index contributed by atoms with van der Waals surface area (Å²) in [5.74, 6) is 1.46. The number of aromatic amines is 1. The molecule has 0 spiro atoms. The molecule has 0 aromatic carbocycles. The molecule has 1 saturated heterocycles. The summed E-state index contributed by atoms with van der Waals surface area (Å²) in [5, 5.41) is 1.05. The van der Waals surface area contributed by atoms with E-state index in [2.05, 4.69) is 33.8 Å². The normalized spacial score (nSPS) is 27.8. The maximum absolute atomic E-state index is 12.5. The lowest BCUT2D eigenvalue weighted by Gasteiger charge is -2.30. The Morgan fingerprint density at radius 2 is 2.19 bits per heavy atom. The van der Waals surface area contributed by atoms with Crippen LogP contribution in [0.5, 0.6) is 0 Å². The van der Waals surface area contributed by atoms with Gasteiger partial charge in [0.05, 0.1) is 5.39 Å². The maximum Gasteiger partial charge on any atom is 0.410 e. The number of carbonyl (C=O) groups is 1. The van der Waals surface area contributed by atoms with Gasteiger partial charge >= 0.3 is 6.09 Å². The monoisotopic (exact) mass is 371 g/mol. The van der Waals surface area contributed by atoms with Crippen molar-refractivity contribution >= 4 is 22.9 Å². The zero-order valence-corrected chi connectivity index (χ0v) is 16.8. The Morgan fingerprint density at radius 1 is 1.41 bits per heavy atom. The molecule has 3 heterocycles. The fourth-order valence-corrected chi connectivity index (χ4v) is 4.73. The summed E-state index contributed by atoms with van der Waals surface area (Å²) in [7, 11) is 2.12. The van der Waals surface area contributed by atoms with Gasteiger partial charge in [0, 0.05) is 32.4 Å². The number of carbonyl (C=O) groups excluding carboxylic acids is 1. The number of rotatable bonds is 2. The van der Waals surface area contributed by atoms with Gasteiger partial charge in [-0.15, -0.1) is 0 Å². The largest absolute Gasteiger partial charge is 0.444 e. The van der Waals surface area contributed by atoms with Crippen LogP contribution in [0.2, 0.25) is 0 Å². The van der Waals surface area contributed by atoms with E-state index in [0.717, 1.165) is 42.8 Å². The second-order valence-electron chi connectivity index (χ2n) is 9.35. The molecule has 4 rings (SSSR count). The van der Waals surface area contributed by atoms with Gasteiger partial charge < -0.3 is 19.5 Å². The lowest BCUT2D eigenvalue weighted by Crippen LogP contribution is -2.38. The van der Waals surface area contributed by atoms with Gasteiger partial charge in [-0.05, 0) is 51.0 Å². The van der Waals surface area contributed by atoms with Crippen LogP contribution in [-0.4, -0.2) is 57.7 Å². The smallest absolute Gasteiger partial charge is 0.410 e. The minimum Gasteiger partial charge on any atom is -0.444 e. The molecule has 2 aromatic rings. The number of amides is 1. The third-order valence-corrected chi connectivity index (χ3v) is 6.10. The molecular formula is C20H29N5O2. The average Bonchev–Trinajstić information content (AvgIpc) is 3.23. The standard InChI is InChI=1S/C20H29N5O2/c1-19(2,3)27-18(26)25-10-13-8-14(9-20(13,4)11-25)24(5)17-15-6-7-21-16(15)22-12-23-17/h6-7,12-14H,8-11H2,1-5H3,(H,21,22,23)/t13-,14+,20+/m1/s1. The number of hydrogen-bond acceptors (Lipinski definition) is 5. The SMILES string of the molecule is CN(c1ncnc2[nH]ccc12)[C@H]1C[C@@H]2CN(C(=O)OC(C)(C)C)C[C@]2(C)C1. The van der Waals surface area contributed by atoms with Gasteiger partial charge in [0.1, 0.15) is 23.4 Å². The first kappa shape index (κ1) is 18.1. The summed E-state index contributed by atoms with van der Waals surface area (Å²) < 4.78 is 5.57. The minimum absolute atomic E-state index is 0.125. The molecule has 1 aliphatic heterocycles. The molecule has 0 unspecified atom stereocenters. The molecular weight excluding hydrogens is 342 g/mol. The van der Waals surface area contributed by atoms with Crippen LogP contribution in [0.1, 0.15) is 40.5 Å². The van der Waals surface area contributed by atoms with Gasteiger partial charge in [-0.25, -0.2) is 14.8 Å². The molecule has 1 saturated carbocycles. The molecule has 1 aliphatic carbocycles. The third-order valence-electron chi connectivity index (χ3n) is 6.10. The van der Waals surface area contributed by atoms with Crippen LogP contribution in [0.4, 0.5) is 10.6 Å². The van der Waals surface area contributed by atoms with Gasteiger partial charge in [-0.3, -0.25) is 0 Å². The Bertz CT molecular complexity index is 857. The van der Waals surface area contributed by atoms with E-state index in [0.29, 0.717) is 12.0 Å². The average molecular weight is 371 g/mol. The van der Waals surface area contributed by atoms with Crippen LogP contribution in [0.3, 0.4) is 0 Å². The van der Waals surface area contributed by atoms with E-state index in [-0.39, 0.29) is 11.5 Å². The molecule has 2 fully saturated rings. The molecule has 27 heavy (non-hydrogen) atoms. The predicted molar refractivity (Wildman–Crippen MR) is 105 cm³/mol. The molecule has 7 heteroatoms. The molecule has 3 atom stereocenters. The molecule has 1 amide bonds. The minimum atomic E-state index is -0.451. The maximum atomic E-state index is 12.5. The number of nitrogens with zero attached hydrogens (tertiary/aromatic N) is 4. The van der Waals surface area contributed by atoms with E-state index in [4.69, 9.17) is 4.74 Å². The first-order valence-corrected chi connectivity index (χ1v) is 9.65. The van der Waals surface area contributed by atoms with E-state index < -0.39 is 5.60 Å². The van der Waals surface area contributed by atoms with Gasteiger partial charge in [0.2, 0.25) is 0 Å². The fraction of sp³-hybridized carbons (Fsp3) is 0.650. The highest BCUT2D eigenvalue weighted by molar-refractivity contribution is 5.87. The van der Waals surface area contributed by atoms with Crippen molar-refractivity contribution in [1.82, 2.24) is 19.9 Å². The zero-order chi connectivity index (χ0) is 19.4. The van der Waals surface area contributed by atoms with Crippen LogP contribution < -0.4 is 4.90 Å². The third kappa shape index (κ3) is 3.24. The Kier molecular flexibility index (Phi) is 4.09. The number of nitrogens with one attached hydrogen (secondary N) is 1. The number of anilines is 1. The first-order chi connectivity index (χ1) is 12.7. The summed E-state index contributed by atoms with van der Waals surface area (Å²) in [6.07, 6.45) is 5.44. The van der Waals surface area contributed by atoms with Gasteiger partial charge in [0.15, 0.2) is 0 Å². The lowest BCUT2D eigenvalue weighted by molar-refractivity contribution is 0.0269. The number of H-pyrrole nitrogens is 1. The van der Waals surface area contributed by atoms with Crippen LogP contribution in [-0.2, 0) is 4.74 Å². The Labute approximate surface area is 160 Å². The van der Waals surface area contributed by atoms with E-state index in [1.165, 1.54) is 0 Å². The quantitative estimate of drug-likeness (QED) is 0.875. The Balaban J connectivity index is 1.47. The molecule has 0 radical (unpaired) electrons. The number of likely N-dealkylation sites (tertiary alicyclic amines) is 1. The van der Waals surface area contributed by atoms with Crippen molar-refractivity contribution in [2.75, 3.05) is 25.0 Å². The Hall–Kier alpha value is -2.31. The molecule has 2 aliphatic rings. The molecule has 0 bridgehead atoms. The Morgan fingerprint density at radius 3 is 2.89 bits per heavy atom. The van der Waals surface area contributed by atoms with Gasteiger partial charge in [-0.1, -0.05) is 6.92 Å². The second kappa shape index (κ2) is 6.11. The van der Waals surface area contributed by atoms with E-state index >= 15 is 0 Å². The van der Waals surface area contributed by atoms with Crippen LogP contribution in [0, 0.1) is 11.3 Å². The number of fused-ring (bicyclic) bond motifs is 2. The van der Waals surface area contributed by atoms with Crippen molar-refractivity contribution in [1.29, 1.82) is 0 Å². The highest BCUT2D eigenvalue weighted by atomic mass is 16.6. The topological polar surface area (TPSA) is 74.4 Å². The van der Waals surface area contributed by atoms with Crippen LogP contribution >= 0.6 is 0 Å². The van der Waals surface area contributed by atoms with Crippen LogP contribution in [0.15, 0.2) is 18.6 Å². The van der Waals surface area contributed by atoms with Crippen molar-refractivity contribution in [2.45, 2.75) is 52.2 Å². The number of aromatic nitrogens is 3. The highest BCUT2D eigenvalue weighted by Crippen LogP contribution is 2.50. The summed E-state index contributed by atoms with van der Waals surface area (Å²) in [4.78, 5) is 28.6. The van der Waals surface area contributed by atoms with Crippen molar-refractivity contribution in [3.05, 3.63) is 18.6 Å². The van der Waals surface area contributed by atoms with E-state index in [1.807, 2.05) is 37.9 Å². The first-order valence-electron chi connectivity index (χ1n) is 9.65. The number of hydrogen-bond donors (Lipinski definition) is 1. The molecule has 2 aromatic heterocycles.